The first-order valence-electron chi connectivity index (χ1n) is 6.30. The van der Waals surface area contributed by atoms with Crippen molar-refractivity contribution in [3.63, 3.8) is 0 Å². The van der Waals surface area contributed by atoms with Gasteiger partial charge in [0.15, 0.2) is 0 Å². The zero-order chi connectivity index (χ0) is 11.2. The topological polar surface area (TPSA) is 41.9 Å². The van der Waals surface area contributed by atoms with Gasteiger partial charge in [-0.25, -0.2) is 0 Å². The SMILES string of the molecule is Cn1cc(NCCCC2CCCCN2)cn1. The molecule has 1 fully saturated rings. The van der Waals surface area contributed by atoms with Crippen LogP contribution < -0.4 is 10.6 Å². The number of piperidine rings is 1. The van der Waals surface area contributed by atoms with E-state index in [1.807, 2.05) is 24.1 Å². The van der Waals surface area contributed by atoms with Crippen molar-refractivity contribution in [1.82, 2.24) is 15.1 Å². The Labute approximate surface area is 97.4 Å². The van der Waals surface area contributed by atoms with Crippen LogP contribution >= 0.6 is 0 Å². The molecule has 1 aromatic heterocycles. The van der Waals surface area contributed by atoms with Gasteiger partial charge < -0.3 is 10.6 Å². The minimum absolute atomic E-state index is 0.754. The molecule has 0 amide bonds. The van der Waals surface area contributed by atoms with Crippen LogP contribution in [-0.4, -0.2) is 28.9 Å². The van der Waals surface area contributed by atoms with E-state index in [9.17, 15) is 0 Å². The average Bonchev–Trinajstić information content (AvgIpc) is 2.72. The van der Waals surface area contributed by atoms with Gasteiger partial charge in [0.2, 0.25) is 0 Å². The van der Waals surface area contributed by atoms with Crippen LogP contribution in [0.25, 0.3) is 0 Å². The van der Waals surface area contributed by atoms with Crippen LogP contribution in [0.4, 0.5) is 5.69 Å². The van der Waals surface area contributed by atoms with Gasteiger partial charge in [-0.1, -0.05) is 6.42 Å². The number of hydrogen-bond donors (Lipinski definition) is 2. The number of rotatable bonds is 5. The number of hydrogen-bond acceptors (Lipinski definition) is 3. The Balaban J connectivity index is 1.57. The summed E-state index contributed by atoms with van der Waals surface area (Å²) < 4.78 is 1.82. The van der Waals surface area contributed by atoms with E-state index in [1.54, 1.807) is 0 Å². The monoisotopic (exact) mass is 222 g/mol. The molecule has 0 saturated carbocycles. The van der Waals surface area contributed by atoms with Crippen molar-refractivity contribution in [2.45, 2.75) is 38.1 Å². The Kier molecular flexibility index (Phi) is 4.22. The number of nitrogens with zero attached hydrogens (tertiary/aromatic N) is 2. The third-order valence-electron chi connectivity index (χ3n) is 3.18. The van der Waals surface area contributed by atoms with E-state index < -0.39 is 0 Å². The molecule has 1 unspecified atom stereocenters. The highest BCUT2D eigenvalue weighted by Crippen LogP contribution is 2.12. The summed E-state index contributed by atoms with van der Waals surface area (Å²) in [4.78, 5) is 0. The summed E-state index contributed by atoms with van der Waals surface area (Å²) in [7, 11) is 1.94. The molecule has 1 aromatic rings. The maximum Gasteiger partial charge on any atom is 0.0726 e. The molecule has 0 aromatic carbocycles. The standard InChI is InChI=1S/C12H22N4/c1-16-10-12(9-15-16)14-8-4-6-11-5-2-3-7-13-11/h9-11,13-14H,2-8H2,1H3. The van der Waals surface area contributed by atoms with Crippen molar-refractivity contribution >= 4 is 5.69 Å². The third kappa shape index (κ3) is 3.52. The second-order valence-corrected chi connectivity index (χ2v) is 4.62. The van der Waals surface area contributed by atoms with Gasteiger partial charge >= 0.3 is 0 Å². The smallest absolute Gasteiger partial charge is 0.0726 e. The van der Waals surface area contributed by atoms with E-state index in [-0.39, 0.29) is 0 Å². The maximum atomic E-state index is 4.13. The highest BCUT2D eigenvalue weighted by atomic mass is 15.3. The van der Waals surface area contributed by atoms with Gasteiger partial charge in [-0.2, -0.15) is 5.10 Å². The van der Waals surface area contributed by atoms with Crippen molar-refractivity contribution in [2.24, 2.45) is 7.05 Å². The predicted octanol–water partition coefficient (Wildman–Crippen LogP) is 1.75. The maximum absolute atomic E-state index is 4.13. The largest absolute Gasteiger partial charge is 0.383 e. The highest BCUT2D eigenvalue weighted by Gasteiger charge is 2.11. The van der Waals surface area contributed by atoms with Crippen molar-refractivity contribution in [1.29, 1.82) is 0 Å². The summed E-state index contributed by atoms with van der Waals surface area (Å²) >= 11 is 0. The minimum Gasteiger partial charge on any atom is -0.383 e. The molecule has 2 rings (SSSR count). The van der Waals surface area contributed by atoms with Gasteiger partial charge in [-0.15, -0.1) is 0 Å². The van der Waals surface area contributed by atoms with Gasteiger partial charge in [-0.3, -0.25) is 4.68 Å². The molecule has 0 radical (unpaired) electrons. The number of aryl methyl sites for hydroxylation is 1. The van der Waals surface area contributed by atoms with E-state index in [1.165, 1.54) is 38.6 Å². The van der Waals surface area contributed by atoms with Gasteiger partial charge in [0.25, 0.3) is 0 Å². The second-order valence-electron chi connectivity index (χ2n) is 4.62. The Bertz CT molecular complexity index is 302. The van der Waals surface area contributed by atoms with Crippen LogP contribution in [0.2, 0.25) is 0 Å². The summed E-state index contributed by atoms with van der Waals surface area (Å²) in [5.74, 6) is 0. The van der Waals surface area contributed by atoms with E-state index >= 15 is 0 Å². The molecule has 1 atom stereocenters. The molecule has 1 saturated heterocycles. The first-order valence-corrected chi connectivity index (χ1v) is 6.30. The fraction of sp³-hybridized carbons (Fsp3) is 0.750. The van der Waals surface area contributed by atoms with Gasteiger partial charge in [-0.05, 0) is 32.2 Å². The second kappa shape index (κ2) is 5.89. The molecule has 1 aliphatic heterocycles. The number of anilines is 1. The van der Waals surface area contributed by atoms with Crippen molar-refractivity contribution in [2.75, 3.05) is 18.4 Å². The summed E-state index contributed by atoms with van der Waals surface area (Å²) in [5.41, 5.74) is 1.12. The Morgan fingerprint density at radius 2 is 2.50 bits per heavy atom. The Morgan fingerprint density at radius 1 is 1.56 bits per heavy atom. The lowest BCUT2D eigenvalue weighted by molar-refractivity contribution is 0.378. The molecule has 90 valence electrons. The molecule has 1 aliphatic rings. The third-order valence-corrected chi connectivity index (χ3v) is 3.18. The van der Waals surface area contributed by atoms with Crippen molar-refractivity contribution in [3.05, 3.63) is 12.4 Å². The number of aromatic nitrogens is 2. The van der Waals surface area contributed by atoms with Crippen molar-refractivity contribution < 1.29 is 0 Å². The first kappa shape index (κ1) is 11.5. The lowest BCUT2D eigenvalue weighted by Gasteiger charge is -2.23. The normalized spacial score (nSPS) is 20.9. The Hall–Kier alpha value is -1.03. The van der Waals surface area contributed by atoms with Crippen molar-refractivity contribution in [3.8, 4) is 0 Å². The number of nitrogens with one attached hydrogen (secondary N) is 2. The molecule has 0 aliphatic carbocycles. The van der Waals surface area contributed by atoms with Gasteiger partial charge in [0.1, 0.15) is 0 Å². The summed E-state index contributed by atoms with van der Waals surface area (Å²) in [6.07, 6.45) is 10.5. The average molecular weight is 222 g/mol. The van der Waals surface area contributed by atoms with E-state index in [2.05, 4.69) is 15.7 Å². The van der Waals surface area contributed by atoms with Crippen LogP contribution in [0, 0.1) is 0 Å². The lowest BCUT2D eigenvalue weighted by Crippen LogP contribution is -2.34. The van der Waals surface area contributed by atoms with E-state index in [0.29, 0.717) is 0 Å². The van der Waals surface area contributed by atoms with Crippen LogP contribution in [0.3, 0.4) is 0 Å². The quantitative estimate of drug-likeness (QED) is 0.746. The highest BCUT2D eigenvalue weighted by molar-refractivity contribution is 5.37. The molecule has 2 N–H and O–H groups in total. The van der Waals surface area contributed by atoms with E-state index in [4.69, 9.17) is 0 Å². The summed E-state index contributed by atoms with van der Waals surface area (Å²) in [6.45, 7) is 2.25. The fourth-order valence-electron chi connectivity index (χ4n) is 2.26. The van der Waals surface area contributed by atoms with Crippen LogP contribution in [-0.2, 0) is 7.05 Å². The first-order chi connectivity index (χ1) is 7.84. The van der Waals surface area contributed by atoms with Gasteiger partial charge in [0, 0.05) is 25.8 Å². The van der Waals surface area contributed by atoms with Crippen LogP contribution in [0.1, 0.15) is 32.1 Å². The molecule has 2 heterocycles. The summed E-state index contributed by atoms with van der Waals surface area (Å²) in [6, 6.07) is 0.754. The lowest BCUT2D eigenvalue weighted by atomic mass is 10.0. The Morgan fingerprint density at radius 3 is 3.19 bits per heavy atom. The van der Waals surface area contributed by atoms with E-state index in [0.717, 1.165) is 18.3 Å². The fourth-order valence-corrected chi connectivity index (χ4v) is 2.26. The van der Waals surface area contributed by atoms with Crippen LogP contribution in [0.15, 0.2) is 12.4 Å². The zero-order valence-corrected chi connectivity index (χ0v) is 10.1. The molecule has 16 heavy (non-hydrogen) atoms. The molecule has 0 spiro atoms. The minimum atomic E-state index is 0.754. The zero-order valence-electron chi connectivity index (χ0n) is 10.1. The van der Waals surface area contributed by atoms with Crippen LogP contribution in [0.5, 0.6) is 0 Å². The molecule has 0 bridgehead atoms. The molecule has 4 heteroatoms. The molecule has 4 nitrogen and oxygen atoms in total. The molecular formula is C12H22N4. The van der Waals surface area contributed by atoms with Gasteiger partial charge in [0.05, 0.1) is 11.9 Å². The molecular weight excluding hydrogens is 200 g/mol. The predicted molar refractivity (Wildman–Crippen MR) is 66.6 cm³/mol. The summed E-state index contributed by atoms with van der Waals surface area (Å²) in [5, 5.41) is 11.1.